The monoisotopic (exact) mass is 295 g/mol. The first-order chi connectivity index (χ1) is 10.9. The molecule has 4 heteroatoms. The Morgan fingerprint density at radius 1 is 1.14 bits per heavy atom. The molecule has 1 aromatic carbocycles. The summed E-state index contributed by atoms with van der Waals surface area (Å²) in [5.74, 6) is 2.51. The summed E-state index contributed by atoms with van der Waals surface area (Å²) in [6, 6.07) is 9.78. The van der Waals surface area contributed by atoms with E-state index in [0.717, 1.165) is 42.4 Å². The Morgan fingerprint density at radius 3 is 2.64 bits per heavy atom. The minimum Gasteiger partial charge on any atom is -0.455 e. The average Bonchev–Trinajstić information content (AvgIpc) is 2.58. The lowest BCUT2D eigenvalue weighted by Gasteiger charge is -2.29. The molecule has 0 amide bonds. The maximum absolute atomic E-state index is 6.02. The molecule has 2 aromatic rings. The van der Waals surface area contributed by atoms with Gasteiger partial charge in [0.15, 0.2) is 11.6 Å². The minimum absolute atomic E-state index is 0.726. The molecule has 0 saturated carbocycles. The van der Waals surface area contributed by atoms with Gasteiger partial charge in [-0.25, -0.2) is 0 Å². The van der Waals surface area contributed by atoms with E-state index in [4.69, 9.17) is 4.74 Å². The van der Waals surface area contributed by atoms with E-state index in [9.17, 15) is 0 Å². The number of aromatic nitrogens is 2. The van der Waals surface area contributed by atoms with Gasteiger partial charge in [-0.1, -0.05) is 24.3 Å². The van der Waals surface area contributed by atoms with Crippen LogP contribution in [0.4, 0.5) is 5.82 Å². The summed E-state index contributed by atoms with van der Waals surface area (Å²) >= 11 is 0. The molecule has 1 aromatic heterocycles. The molecule has 114 valence electrons. The van der Waals surface area contributed by atoms with Gasteiger partial charge >= 0.3 is 0 Å². The van der Waals surface area contributed by atoms with Gasteiger partial charge in [0.25, 0.3) is 0 Å². The topological polar surface area (TPSA) is 38.3 Å². The van der Waals surface area contributed by atoms with E-state index in [1.807, 2.05) is 36.4 Å². The number of ether oxygens (including phenoxy) is 1. The number of piperidine rings is 1. The number of para-hydroxylation sites is 1. The summed E-state index contributed by atoms with van der Waals surface area (Å²) in [5.41, 5.74) is 1.07. The molecular formula is C18H21N3O. The van der Waals surface area contributed by atoms with Crippen molar-refractivity contribution in [2.24, 2.45) is 0 Å². The molecule has 1 fully saturated rings. The number of rotatable bonds is 5. The van der Waals surface area contributed by atoms with Crippen LogP contribution in [0.1, 0.15) is 24.8 Å². The molecule has 0 spiro atoms. The fraction of sp³-hybridized carbons (Fsp3) is 0.333. The van der Waals surface area contributed by atoms with E-state index in [1.165, 1.54) is 19.3 Å². The molecule has 0 atom stereocenters. The van der Waals surface area contributed by atoms with Crippen molar-refractivity contribution in [3.05, 3.63) is 54.7 Å². The van der Waals surface area contributed by atoms with Crippen LogP contribution in [-0.4, -0.2) is 23.3 Å². The van der Waals surface area contributed by atoms with Crippen molar-refractivity contribution in [1.82, 2.24) is 10.2 Å². The van der Waals surface area contributed by atoms with E-state index in [0.29, 0.717) is 0 Å². The predicted molar refractivity (Wildman–Crippen MR) is 88.5 cm³/mol. The van der Waals surface area contributed by atoms with E-state index >= 15 is 0 Å². The van der Waals surface area contributed by atoms with Crippen molar-refractivity contribution in [1.29, 1.82) is 0 Å². The van der Waals surface area contributed by atoms with Crippen molar-refractivity contribution < 1.29 is 4.74 Å². The highest BCUT2D eigenvalue weighted by atomic mass is 16.5. The first kappa shape index (κ1) is 14.6. The largest absolute Gasteiger partial charge is 0.455 e. The van der Waals surface area contributed by atoms with Crippen molar-refractivity contribution in [3.63, 3.8) is 0 Å². The smallest absolute Gasteiger partial charge is 0.158 e. The van der Waals surface area contributed by atoms with Gasteiger partial charge in [-0.2, -0.15) is 5.10 Å². The molecule has 3 rings (SSSR count). The minimum atomic E-state index is 0.726. The number of hydrogen-bond acceptors (Lipinski definition) is 4. The van der Waals surface area contributed by atoms with E-state index < -0.39 is 0 Å². The van der Waals surface area contributed by atoms with Crippen LogP contribution in [0.5, 0.6) is 11.5 Å². The van der Waals surface area contributed by atoms with E-state index in [1.54, 1.807) is 6.20 Å². The Hall–Kier alpha value is -2.36. The zero-order valence-electron chi connectivity index (χ0n) is 12.7. The van der Waals surface area contributed by atoms with Crippen molar-refractivity contribution in [2.75, 3.05) is 18.0 Å². The number of benzene rings is 1. The fourth-order valence-electron chi connectivity index (χ4n) is 2.78. The Bertz CT molecular complexity index is 621. The Kier molecular flexibility index (Phi) is 4.68. The molecule has 0 unspecified atom stereocenters. The van der Waals surface area contributed by atoms with Gasteiger partial charge < -0.3 is 9.64 Å². The highest BCUT2D eigenvalue weighted by Crippen LogP contribution is 2.31. The highest BCUT2D eigenvalue weighted by molar-refractivity contribution is 5.54. The SMILES string of the molecule is C=CCc1c(Oc2ccccc2)cnnc1N1CCCCC1. The number of nitrogens with zero attached hydrogens (tertiary/aromatic N) is 3. The fourth-order valence-corrected chi connectivity index (χ4v) is 2.78. The third kappa shape index (κ3) is 3.27. The quantitative estimate of drug-likeness (QED) is 0.782. The standard InChI is InChI=1S/C18H21N3O/c1-2-9-16-17(22-15-10-5-3-6-11-15)14-19-20-18(16)21-12-7-4-8-13-21/h2-3,5-6,10-11,14H,1,4,7-9,12-13H2. The van der Waals surface area contributed by atoms with Gasteiger partial charge in [-0.05, 0) is 37.8 Å². The summed E-state index contributed by atoms with van der Waals surface area (Å²) in [6.07, 6.45) is 8.02. The molecule has 22 heavy (non-hydrogen) atoms. The lowest BCUT2D eigenvalue weighted by atomic mass is 10.1. The summed E-state index contributed by atoms with van der Waals surface area (Å²) in [5, 5.41) is 8.52. The lowest BCUT2D eigenvalue weighted by molar-refractivity contribution is 0.471. The van der Waals surface area contributed by atoms with E-state index in [-0.39, 0.29) is 0 Å². The van der Waals surface area contributed by atoms with Crippen LogP contribution in [0.25, 0.3) is 0 Å². The maximum atomic E-state index is 6.02. The predicted octanol–water partition coefficient (Wildman–Crippen LogP) is 3.99. The number of hydrogen-bond donors (Lipinski definition) is 0. The zero-order chi connectivity index (χ0) is 15.2. The molecular weight excluding hydrogens is 274 g/mol. The summed E-state index contributed by atoms with van der Waals surface area (Å²) in [7, 11) is 0. The zero-order valence-corrected chi connectivity index (χ0v) is 12.7. The molecule has 0 radical (unpaired) electrons. The van der Waals surface area contributed by atoms with Crippen LogP contribution < -0.4 is 9.64 Å². The van der Waals surface area contributed by atoms with Crippen molar-refractivity contribution in [3.8, 4) is 11.5 Å². The molecule has 2 heterocycles. The van der Waals surface area contributed by atoms with Crippen molar-refractivity contribution in [2.45, 2.75) is 25.7 Å². The molecule has 1 aliphatic rings. The van der Waals surface area contributed by atoms with Gasteiger partial charge in [-0.15, -0.1) is 11.7 Å². The van der Waals surface area contributed by atoms with Gasteiger partial charge in [0, 0.05) is 18.7 Å². The molecule has 1 aliphatic heterocycles. The van der Waals surface area contributed by atoms with Crippen LogP contribution in [0.2, 0.25) is 0 Å². The van der Waals surface area contributed by atoms with Gasteiger partial charge in [0.1, 0.15) is 5.75 Å². The first-order valence-corrected chi connectivity index (χ1v) is 7.82. The molecule has 0 N–H and O–H groups in total. The van der Waals surface area contributed by atoms with Crippen LogP contribution in [-0.2, 0) is 6.42 Å². The van der Waals surface area contributed by atoms with Gasteiger partial charge in [0.05, 0.1) is 6.20 Å². The lowest BCUT2D eigenvalue weighted by Crippen LogP contribution is -2.31. The first-order valence-electron chi connectivity index (χ1n) is 7.82. The second-order valence-corrected chi connectivity index (χ2v) is 5.47. The Labute approximate surface area is 131 Å². The summed E-state index contributed by atoms with van der Waals surface area (Å²) in [4.78, 5) is 2.31. The Balaban J connectivity index is 1.93. The average molecular weight is 295 g/mol. The van der Waals surface area contributed by atoms with Crippen LogP contribution in [0, 0.1) is 0 Å². The molecule has 0 bridgehead atoms. The third-order valence-electron chi connectivity index (χ3n) is 3.87. The highest BCUT2D eigenvalue weighted by Gasteiger charge is 2.19. The number of anilines is 1. The van der Waals surface area contributed by atoms with Crippen LogP contribution in [0.3, 0.4) is 0 Å². The number of allylic oxidation sites excluding steroid dienone is 1. The molecule has 1 saturated heterocycles. The molecule has 0 aliphatic carbocycles. The second kappa shape index (κ2) is 7.07. The third-order valence-corrected chi connectivity index (χ3v) is 3.87. The van der Waals surface area contributed by atoms with Gasteiger partial charge in [0.2, 0.25) is 0 Å². The summed E-state index contributed by atoms with van der Waals surface area (Å²) < 4.78 is 6.02. The van der Waals surface area contributed by atoms with E-state index in [2.05, 4.69) is 21.7 Å². The second-order valence-electron chi connectivity index (χ2n) is 5.47. The van der Waals surface area contributed by atoms with Gasteiger partial charge in [-0.3, -0.25) is 0 Å². The molecule has 4 nitrogen and oxygen atoms in total. The van der Waals surface area contributed by atoms with Crippen molar-refractivity contribution >= 4 is 5.82 Å². The maximum Gasteiger partial charge on any atom is 0.158 e. The van der Waals surface area contributed by atoms with Crippen LogP contribution in [0.15, 0.2) is 49.2 Å². The normalized spacial score (nSPS) is 14.6. The summed E-state index contributed by atoms with van der Waals surface area (Å²) in [6.45, 7) is 5.94. The Morgan fingerprint density at radius 2 is 1.91 bits per heavy atom. The van der Waals surface area contributed by atoms with Crippen LogP contribution >= 0.6 is 0 Å².